The Balaban J connectivity index is 2.01. The molecule has 0 heterocycles. The van der Waals surface area contributed by atoms with Gasteiger partial charge in [-0.25, -0.2) is 0 Å². The van der Waals surface area contributed by atoms with E-state index in [0.29, 0.717) is 6.42 Å². The zero-order chi connectivity index (χ0) is 14.0. The quantitative estimate of drug-likeness (QED) is 0.873. The first-order valence-corrected chi connectivity index (χ1v) is 6.77. The van der Waals surface area contributed by atoms with E-state index < -0.39 is 5.54 Å². The highest BCUT2D eigenvalue weighted by Crippen LogP contribution is 2.36. The average Bonchev–Trinajstić information content (AvgIpc) is 2.52. The van der Waals surface area contributed by atoms with Gasteiger partial charge in [0.05, 0.1) is 5.54 Å². The second kappa shape index (κ2) is 4.99. The minimum atomic E-state index is -0.491. The Kier molecular flexibility index (Phi) is 3.17. The molecule has 2 aromatic carbocycles. The minimum absolute atomic E-state index is 0.491. The van der Waals surface area contributed by atoms with Gasteiger partial charge in [0, 0.05) is 12.1 Å². The van der Waals surface area contributed by atoms with Gasteiger partial charge in [0.1, 0.15) is 0 Å². The van der Waals surface area contributed by atoms with Crippen molar-refractivity contribution in [1.82, 2.24) is 0 Å². The first-order valence-electron chi connectivity index (χ1n) is 6.77. The van der Waals surface area contributed by atoms with Crippen LogP contribution in [0, 0.1) is 0 Å². The highest BCUT2D eigenvalue weighted by atomic mass is 14.7. The SMILES string of the molecule is NC1=C(c2ccccc2)CC(N)(c2ccccc2)C=C1. The van der Waals surface area contributed by atoms with Crippen LogP contribution in [-0.2, 0) is 5.54 Å². The van der Waals surface area contributed by atoms with E-state index in [-0.39, 0.29) is 0 Å². The van der Waals surface area contributed by atoms with Gasteiger partial charge in [0.2, 0.25) is 0 Å². The van der Waals surface area contributed by atoms with Gasteiger partial charge in [-0.15, -0.1) is 0 Å². The van der Waals surface area contributed by atoms with Crippen molar-refractivity contribution in [3.05, 3.63) is 89.6 Å². The summed E-state index contributed by atoms with van der Waals surface area (Å²) < 4.78 is 0. The van der Waals surface area contributed by atoms with Crippen molar-refractivity contribution >= 4 is 5.57 Å². The summed E-state index contributed by atoms with van der Waals surface area (Å²) in [6.07, 6.45) is 4.65. The molecule has 0 fully saturated rings. The third-order valence-electron chi connectivity index (χ3n) is 3.81. The predicted molar refractivity (Wildman–Crippen MR) is 83.6 cm³/mol. The predicted octanol–water partition coefficient (Wildman–Crippen LogP) is 3.17. The van der Waals surface area contributed by atoms with Gasteiger partial charge < -0.3 is 11.5 Å². The number of hydrogen-bond donors (Lipinski definition) is 2. The zero-order valence-electron chi connectivity index (χ0n) is 11.3. The van der Waals surface area contributed by atoms with Gasteiger partial charge in [-0.05, 0) is 22.8 Å². The Hall–Kier alpha value is -2.32. The van der Waals surface area contributed by atoms with Gasteiger partial charge in [-0.2, -0.15) is 0 Å². The van der Waals surface area contributed by atoms with Crippen LogP contribution in [0.2, 0.25) is 0 Å². The molecule has 0 aromatic heterocycles. The molecule has 1 aliphatic carbocycles. The molecule has 0 amide bonds. The van der Waals surface area contributed by atoms with Gasteiger partial charge in [-0.3, -0.25) is 0 Å². The molecular formula is C18H18N2. The van der Waals surface area contributed by atoms with Crippen molar-refractivity contribution in [3.63, 3.8) is 0 Å². The molecule has 1 unspecified atom stereocenters. The molecule has 2 nitrogen and oxygen atoms in total. The van der Waals surface area contributed by atoms with Crippen LogP contribution in [0.25, 0.3) is 5.57 Å². The molecule has 20 heavy (non-hydrogen) atoms. The summed E-state index contributed by atoms with van der Waals surface area (Å²) in [5, 5.41) is 0. The van der Waals surface area contributed by atoms with Crippen molar-refractivity contribution in [2.45, 2.75) is 12.0 Å². The molecule has 0 bridgehead atoms. The van der Waals surface area contributed by atoms with Gasteiger partial charge in [0.15, 0.2) is 0 Å². The summed E-state index contributed by atoms with van der Waals surface area (Å²) in [6, 6.07) is 20.4. The molecule has 0 aliphatic heterocycles. The fourth-order valence-corrected chi connectivity index (χ4v) is 2.65. The largest absolute Gasteiger partial charge is 0.398 e. The smallest absolute Gasteiger partial charge is 0.0641 e. The lowest BCUT2D eigenvalue weighted by atomic mass is 9.79. The average molecular weight is 262 g/mol. The Morgan fingerprint density at radius 1 is 0.850 bits per heavy atom. The number of hydrogen-bond acceptors (Lipinski definition) is 2. The van der Waals surface area contributed by atoms with E-state index in [0.717, 1.165) is 22.4 Å². The maximum absolute atomic E-state index is 6.59. The summed E-state index contributed by atoms with van der Waals surface area (Å²) in [7, 11) is 0. The minimum Gasteiger partial charge on any atom is -0.398 e. The molecule has 100 valence electrons. The number of rotatable bonds is 2. The van der Waals surface area contributed by atoms with Crippen LogP contribution < -0.4 is 11.5 Å². The Labute approximate surface area is 119 Å². The normalized spacial score (nSPS) is 22.1. The summed E-state index contributed by atoms with van der Waals surface area (Å²) in [5.74, 6) is 0. The second-order valence-electron chi connectivity index (χ2n) is 5.22. The fourth-order valence-electron chi connectivity index (χ4n) is 2.65. The monoisotopic (exact) mass is 262 g/mol. The zero-order valence-corrected chi connectivity index (χ0v) is 11.3. The molecule has 1 aliphatic rings. The highest BCUT2D eigenvalue weighted by Gasteiger charge is 2.29. The molecule has 2 aromatic rings. The van der Waals surface area contributed by atoms with E-state index >= 15 is 0 Å². The van der Waals surface area contributed by atoms with E-state index in [2.05, 4.69) is 24.3 Å². The lowest BCUT2D eigenvalue weighted by molar-refractivity contribution is 0.571. The summed E-state index contributed by atoms with van der Waals surface area (Å²) in [4.78, 5) is 0. The topological polar surface area (TPSA) is 52.0 Å². The molecule has 0 radical (unpaired) electrons. The molecule has 3 rings (SSSR count). The molecule has 0 saturated heterocycles. The molecule has 0 spiro atoms. The standard InChI is InChI=1S/C18H18N2/c19-17-11-12-18(20,15-9-5-2-6-10-15)13-16(17)14-7-3-1-4-8-14/h1-12H,13,19-20H2. The summed E-state index contributed by atoms with van der Waals surface area (Å²) >= 11 is 0. The number of benzene rings is 2. The third kappa shape index (κ3) is 2.26. The van der Waals surface area contributed by atoms with Gasteiger partial charge >= 0.3 is 0 Å². The maximum Gasteiger partial charge on any atom is 0.0641 e. The third-order valence-corrected chi connectivity index (χ3v) is 3.81. The molecule has 0 saturated carbocycles. The number of allylic oxidation sites excluding steroid dienone is 1. The van der Waals surface area contributed by atoms with Crippen molar-refractivity contribution in [2.24, 2.45) is 11.5 Å². The lowest BCUT2D eigenvalue weighted by Gasteiger charge is -2.31. The van der Waals surface area contributed by atoms with E-state index in [1.807, 2.05) is 48.6 Å². The van der Waals surface area contributed by atoms with Crippen LogP contribution in [0.4, 0.5) is 0 Å². The molecular weight excluding hydrogens is 244 g/mol. The Morgan fingerprint density at radius 3 is 2.10 bits per heavy atom. The van der Waals surface area contributed by atoms with Crippen LogP contribution in [0.5, 0.6) is 0 Å². The molecule has 2 heteroatoms. The van der Waals surface area contributed by atoms with Crippen LogP contribution in [0.3, 0.4) is 0 Å². The number of nitrogens with two attached hydrogens (primary N) is 2. The first-order chi connectivity index (χ1) is 9.69. The fraction of sp³-hybridized carbons (Fsp3) is 0.111. The van der Waals surface area contributed by atoms with Crippen molar-refractivity contribution in [1.29, 1.82) is 0 Å². The van der Waals surface area contributed by atoms with Crippen molar-refractivity contribution in [2.75, 3.05) is 0 Å². The van der Waals surface area contributed by atoms with E-state index in [1.54, 1.807) is 0 Å². The second-order valence-corrected chi connectivity index (χ2v) is 5.22. The molecule has 1 atom stereocenters. The van der Waals surface area contributed by atoms with Crippen LogP contribution in [-0.4, -0.2) is 0 Å². The highest BCUT2D eigenvalue weighted by molar-refractivity contribution is 5.73. The summed E-state index contributed by atoms with van der Waals surface area (Å²) in [5.41, 5.74) is 16.4. The van der Waals surface area contributed by atoms with E-state index in [9.17, 15) is 0 Å². The summed E-state index contributed by atoms with van der Waals surface area (Å²) in [6.45, 7) is 0. The maximum atomic E-state index is 6.59. The van der Waals surface area contributed by atoms with Crippen LogP contribution >= 0.6 is 0 Å². The van der Waals surface area contributed by atoms with E-state index in [4.69, 9.17) is 11.5 Å². The van der Waals surface area contributed by atoms with Gasteiger partial charge in [-0.1, -0.05) is 66.7 Å². The first kappa shape index (κ1) is 12.7. The van der Waals surface area contributed by atoms with Gasteiger partial charge in [0.25, 0.3) is 0 Å². The lowest BCUT2D eigenvalue weighted by Crippen LogP contribution is -2.36. The van der Waals surface area contributed by atoms with Crippen LogP contribution in [0.1, 0.15) is 17.5 Å². The Bertz CT molecular complexity index is 656. The van der Waals surface area contributed by atoms with Crippen LogP contribution in [0.15, 0.2) is 78.5 Å². The van der Waals surface area contributed by atoms with Crippen molar-refractivity contribution in [3.8, 4) is 0 Å². The molecule has 4 N–H and O–H groups in total. The Morgan fingerprint density at radius 2 is 1.45 bits per heavy atom. The van der Waals surface area contributed by atoms with E-state index in [1.165, 1.54) is 0 Å². The van der Waals surface area contributed by atoms with Crippen molar-refractivity contribution < 1.29 is 0 Å².